The number of rotatable bonds is 7. The first kappa shape index (κ1) is 28.6. The van der Waals surface area contributed by atoms with Gasteiger partial charge in [-0.15, -0.1) is 0 Å². The van der Waals surface area contributed by atoms with Crippen LogP contribution in [0, 0.1) is 6.92 Å². The number of fused-ring (bicyclic) bond motifs is 3. The van der Waals surface area contributed by atoms with Crippen molar-refractivity contribution in [3.8, 4) is 5.75 Å². The molecule has 5 atom stereocenters. The van der Waals surface area contributed by atoms with Crippen LogP contribution in [0.15, 0.2) is 45.6 Å². The summed E-state index contributed by atoms with van der Waals surface area (Å²) in [6.07, 6.45) is -6.70. The Kier molecular flexibility index (Phi) is 8.38. The van der Waals surface area contributed by atoms with Gasteiger partial charge in [0.05, 0.1) is 5.39 Å². The summed E-state index contributed by atoms with van der Waals surface area (Å²) < 4.78 is 39.1. The molecule has 1 saturated heterocycles. The quantitative estimate of drug-likeness (QED) is 0.182. The fourth-order valence-corrected chi connectivity index (χ4v) is 4.60. The standard InChI is InChI=1S/C28H28O12/c1-13-21(11-10-19-18-8-6-7-9-20(18)27(33)40-23(13)19)38-28-26(37-17(5)32)25(36-16(4)31)24(35-15(3)30)22(39-28)12-34-14(2)29/h6-11,22,24-26,28H,12H2,1-5H3/t22-,24-,25+,26-,28+/m1/s1. The summed E-state index contributed by atoms with van der Waals surface area (Å²) >= 11 is 0. The minimum atomic E-state index is -1.43. The van der Waals surface area contributed by atoms with E-state index in [1.54, 1.807) is 43.3 Å². The van der Waals surface area contributed by atoms with Crippen LogP contribution in [-0.2, 0) is 42.9 Å². The highest BCUT2D eigenvalue weighted by atomic mass is 16.7. The second-order valence-electron chi connectivity index (χ2n) is 9.19. The van der Waals surface area contributed by atoms with Crippen molar-refractivity contribution in [2.75, 3.05) is 6.61 Å². The third kappa shape index (κ3) is 6.07. The maximum atomic E-state index is 12.6. The van der Waals surface area contributed by atoms with Gasteiger partial charge >= 0.3 is 29.5 Å². The summed E-state index contributed by atoms with van der Waals surface area (Å²) in [6.45, 7) is 5.85. The van der Waals surface area contributed by atoms with Gasteiger partial charge in [0, 0.05) is 38.6 Å². The van der Waals surface area contributed by atoms with E-state index in [9.17, 15) is 24.0 Å². The van der Waals surface area contributed by atoms with E-state index in [1.807, 2.05) is 0 Å². The van der Waals surface area contributed by atoms with E-state index < -0.39 is 66.8 Å². The second-order valence-corrected chi connectivity index (χ2v) is 9.19. The molecule has 0 saturated carbocycles. The Morgan fingerprint density at radius 3 is 1.98 bits per heavy atom. The minimum Gasteiger partial charge on any atom is -0.463 e. The van der Waals surface area contributed by atoms with Gasteiger partial charge in [0.2, 0.25) is 12.4 Å². The maximum Gasteiger partial charge on any atom is 0.344 e. The molecule has 0 unspecified atom stereocenters. The van der Waals surface area contributed by atoms with Crippen LogP contribution in [0.4, 0.5) is 0 Å². The Bertz CT molecular complexity index is 1520. The fraction of sp³-hybridized carbons (Fsp3) is 0.393. The van der Waals surface area contributed by atoms with Crippen molar-refractivity contribution in [1.29, 1.82) is 0 Å². The van der Waals surface area contributed by atoms with E-state index in [1.165, 1.54) is 6.92 Å². The van der Waals surface area contributed by atoms with Gasteiger partial charge in [0.15, 0.2) is 12.2 Å². The van der Waals surface area contributed by atoms with Gasteiger partial charge in [-0.05, 0) is 30.5 Å². The Hall–Kier alpha value is -4.45. The van der Waals surface area contributed by atoms with Gasteiger partial charge in [-0.25, -0.2) is 4.79 Å². The van der Waals surface area contributed by atoms with Gasteiger partial charge < -0.3 is 32.8 Å². The molecule has 0 radical (unpaired) electrons. The summed E-state index contributed by atoms with van der Waals surface area (Å²) in [6, 6.07) is 10.3. The highest BCUT2D eigenvalue weighted by molar-refractivity contribution is 6.05. The zero-order valence-electron chi connectivity index (χ0n) is 22.5. The van der Waals surface area contributed by atoms with Gasteiger partial charge in [0.1, 0.15) is 24.0 Å². The van der Waals surface area contributed by atoms with Crippen molar-refractivity contribution < 1.29 is 52.0 Å². The molecule has 12 nitrogen and oxygen atoms in total. The molecule has 1 aliphatic heterocycles. The van der Waals surface area contributed by atoms with Gasteiger partial charge in [-0.1, -0.05) is 18.2 Å². The molecule has 1 aromatic heterocycles. The molecule has 1 fully saturated rings. The van der Waals surface area contributed by atoms with E-state index in [2.05, 4.69) is 0 Å². The number of ether oxygens (including phenoxy) is 6. The molecular weight excluding hydrogens is 528 g/mol. The monoisotopic (exact) mass is 556 g/mol. The summed E-state index contributed by atoms with van der Waals surface area (Å²) in [5, 5.41) is 1.78. The molecule has 0 N–H and O–H groups in total. The zero-order valence-corrected chi connectivity index (χ0v) is 22.5. The first-order valence-corrected chi connectivity index (χ1v) is 12.4. The lowest BCUT2D eigenvalue weighted by molar-refractivity contribution is -0.288. The van der Waals surface area contributed by atoms with Crippen LogP contribution in [0.25, 0.3) is 21.7 Å². The largest absolute Gasteiger partial charge is 0.463 e. The van der Waals surface area contributed by atoms with Crippen LogP contribution in [0.1, 0.15) is 33.3 Å². The van der Waals surface area contributed by atoms with Crippen LogP contribution < -0.4 is 10.4 Å². The number of carbonyl (C=O) groups excluding carboxylic acids is 4. The van der Waals surface area contributed by atoms with Crippen molar-refractivity contribution in [3.05, 3.63) is 52.4 Å². The van der Waals surface area contributed by atoms with E-state index in [-0.39, 0.29) is 11.3 Å². The van der Waals surface area contributed by atoms with Crippen molar-refractivity contribution >= 4 is 45.6 Å². The number of aryl methyl sites for hydroxylation is 1. The third-order valence-corrected chi connectivity index (χ3v) is 6.18. The molecule has 0 amide bonds. The number of hydrogen-bond acceptors (Lipinski definition) is 12. The van der Waals surface area contributed by atoms with Crippen LogP contribution in [0.5, 0.6) is 5.75 Å². The molecular formula is C28H28O12. The minimum absolute atomic E-state index is 0.201. The number of hydrogen-bond donors (Lipinski definition) is 0. The zero-order chi connectivity index (χ0) is 29.1. The predicted octanol–water partition coefficient (Wildman–Crippen LogP) is 2.72. The highest BCUT2D eigenvalue weighted by Gasteiger charge is 2.53. The molecule has 212 valence electrons. The van der Waals surface area contributed by atoms with E-state index in [4.69, 9.17) is 32.8 Å². The molecule has 2 aromatic carbocycles. The SMILES string of the molecule is CC(=O)OC[C@H]1O[C@H](Oc2ccc3c(oc(=O)c4ccccc43)c2C)[C@H](OC(C)=O)[C@@H](OC(C)=O)[C@@H]1OC(C)=O. The third-order valence-electron chi connectivity index (χ3n) is 6.18. The maximum absolute atomic E-state index is 12.6. The summed E-state index contributed by atoms with van der Waals surface area (Å²) in [7, 11) is 0. The molecule has 40 heavy (non-hydrogen) atoms. The van der Waals surface area contributed by atoms with Crippen molar-refractivity contribution in [2.45, 2.75) is 65.3 Å². The van der Waals surface area contributed by atoms with Gasteiger partial charge in [0.25, 0.3) is 0 Å². The second kappa shape index (κ2) is 11.7. The highest BCUT2D eigenvalue weighted by Crippen LogP contribution is 2.35. The van der Waals surface area contributed by atoms with Crippen LogP contribution in [0.2, 0.25) is 0 Å². The molecule has 0 aliphatic carbocycles. The Labute approximate surface area is 228 Å². The molecule has 0 spiro atoms. The van der Waals surface area contributed by atoms with Gasteiger partial charge in [-0.3, -0.25) is 19.2 Å². The van der Waals surface area contributed by atoms with Crippen molar-refractivity contribution in [2.24, 2.45) is 0 Å². The molecule has 3 aromatic rings. The van der Waals surface area contributed by atoms with Crippen LogP contribution >= 0.6 is 0 Å². The fourth-order valence-electron chi connectivity index (χ4n) is 4.60. The molecule has 12 heteroatoms. The van der Waals surface area contributed by atoms with E-state index in [0.717, 1.165) is 20.8 Å². The predicted molar refractivity (Wildman–Crippen MR) is 137 cm³/mol. The lowest BCUT2D eigenvalue weighted by atomic mass is 9.98. The first-order valence-electron chi connectivity index (χ1n) is 12.4. The Morgan fingerprint density at radius 1 is 0.750 bits per heavy atom. The summed E-state index contributed by atoms with van der Waals surface area (Å²) in [5.41, 5.74) is 0.177. The average molecular weight is 557 g/mol. The smallest absolute Gasteiger partial charge is 0.344 e. The number of benzene rings is 2. The molecule has 2 heterocycles. The first-order chi connectivity index (χ1) is 19.0. The number of carbonyl (C=O) groups is 4. The molecule has 4 rings (SSSR count). The number of esters is 4. The Balaban J connectivity index is 1.78. The summed E-state index contributed by atoms with van der Waals surface area (Å²) in [4.78, 5) is 60.2. The average Bonchev–Trinajstić information content (AvgIpc) is 2.87. The normalized spacial score (nSPS) is 22.4. The van der Waals surface area contributed by atoms with Crippen LogP contribution in [-0.4, -0.2) is 61.2 Å². The van der Waals surface area contributed by atoms with E-state index in [0.29, 0.717) is 21.7 Å². The lowest BCUT2D eigenvalue weighted by Gasteiger charge is -2.44. The topological polar surface area (TPSA) is 154 Å². The molecule has 1 aliphatic rings. The lowest BCUT2D eigenvalue weighted by Crippen LogP contribution is -2.63. The van der Waals surface area contributed by atoms with Crippen molar-refractivity contribution in [3.63, 3.8) is 0 Å². The van der Waals surface area contributed by atoms with E-state index >= 15 is 0 Å². The molecule has 0 bridgehead atoms. The summed E-state index contributed by atoms with van der Waals surface area (Å²) in [5.74, 6) is -2.70. The Morgan fingerprint density at radius 2 is 1.35 bits per heavy atom. The van der Waals surface area contributed by atoms with Crippen molar-refractivity contribution in [1.82, 2.24) is 0 Å². The van der Waals surface area contributed by atoms with Gasteiger partial charge in [-0.2, -0.15) is 0 Å². The van der Waals surface area contributed by atoms with Crippen LogP contribution in [0.3, 0.4) is 0 Å².